The van der Waals surface area contributed by atoms with Crippen LogP contribution >= 0.6 is 11.3 Å². The molecule has 2 aliphatic rings. The first-order chi connectivity index (χ1) is 10.2. The van der Waals surface area contributed by atoms with Crippen LogP contribution in [-0.2, 0) is 17.8 Å². The molecule has 1 aromatic rings. The monoisotopic (exact) mass is 307 g/mol. The molecule has 0 radical (unpaired) electrons. The van der Waals surface area contributed by atoms with E-state index in [1.165, 1.54) is 23.3 Å². The number of nitrogens with two attached hydrogens (primary N) is 1. The number of carbonyl (C=O) groups excluding carboxylic acids is 1. The summed E-state index contributed by atoms with van der Waals surface area (Å²) in [5.41, 5.74) is 7.26. The van der Waals surface area contributed by atoms with Crippen molar-refractivity contribution in [2.45, 2.75) is 38.8 Å². The predicted octanol–water partition coefficient (Wildman–Crippen LogP) is 1.69. The maximum Gasteiger partial charge on any atom is 0.237 e. The van der Waals surface area contributed by atoms with Gasteiger partial charge in [-0.1, -0.05) is 6.92 Å². The summed E-state index contributed by atoms with van der Waals surface area (Å²) >= 11 is 1.81. The lowest BCUT2D eigenvalue weighted by Crippen LogP contribution is -2.52. The van der Waals surface area contributed by atoms with Crippen LogP contribution in [0.3, 0.4) is 0 Å². The van der Waals surface area contributed by atoms with Gasteiger partial charge in [-0.05, 0) is 48.7 Å². The zero-order valence-corrected chi connectivity index (χ0v) is 13.6. The molecule has 2 unspecified atom stereocenters. The Bertz CT molecular complexity index is 501. The number of likely N-dealkylation sites (tertiary alicyclic amines) is 1. The Labute approximate surface area is 130 Å². The quantitative estimate of drug-likeness (QED) is 0.924. The first-order valence-corrected chi connectivity index (χ1v) is 8.84. The summed E-state index contributed by atoms with van der Waals surface area (Å²) in [7, 11) is 0. The molecule has 0 saturated carbocycles. The first-order valence-electron chi connectivity index (χ1n) is 7.96. The lowest BCUT2D eigenvalue weighted by molar-refractivity contribution is -0.134. The maximum absolute atomic E-state index is 12.6. The fraction of sp³-hybridized carbons (Fsp3) is 0.688. The van der Waals surface area contributed by atoms with Crippen molar-refractivity contribution >= 4 is 17.2 Å². The van der Waals surface area contributed by atoms with Gasteiger partial charge in [-0.3, -0.25) is 9.69 Å². The summed E-state index contributed by atoms with van der Waals surface area (Å²) < 4.78 is 0. The van der Waals surface area contributed by atoms with Crippen molar-refractivity contribution in [2.75, 3.05) is 26.2 Å². The first kappa shape index (κ1) is 15.0. The lowest BCUT2D eigenvalue weighted by atomic mass is 9.91. The normalized spacial score (nSPS) is 26.7. The summed E-state index contributed by atoms with van der Waals surface area (Å²) in [6.45, 7) is 6.11. The minimum atomic E-state index is 0.263. The van der Waals surface area contributed by atoms with Crippen LogP contribution < -0.4 is 5.73 Å². The lowest BCUT2D eigenvalue weighted by Gasteiger charge is -2.40. The summed E-state index contributed by atoms with van der Waals surface area (Å²) in [6, 6.07) is 2.52. The topological polar surface area (TPSA) is 49.6 Å². The van der Waals surface area contributed by atoms with Gasteiger partial charge in [0.15, 0.2) is 0 Å². The van der Waals surface area contributed by atoms with Gasteiger partial charge in [0.05, 0.1) is 6.54 Å². The number of thiophene rings is 1. The highest BCUT2D eigenvalue weighted by Crippen LogP contribution is 2.25. The molecular weight excluding hydrogens is 282 g/mol. The van der Waals surface area contributed by atoms with Gasteiger partial charge in [0.2, 0.25) is 5.91 Å². The van der Waals surface area contributed by atoms with Crippen molar-refractivity contribution in [3.05, 3.63) is 21.9 Å². The molecule has 2 N–H and O–H groups in total. The number of rotatable bonds is 3. The Kier molecular flexibility index (Phi) is 4.62. The number of piperidine rings is 1. The van der Waals surface area contributed by atoms with Gasteiger partial charge in [-0.15, -0.1) is 11.3 Å². The van der Waals surface area contributed by atoms with Crippen molar-refractivity contribution in [3.63, 3.8) is 0 Å². The van der Waals surface area contributed by atoms with Crippen LogP contribution in [0.4, 0.5) is 0 Å². The minimum Gasteiger partial charge on any atom is -0.337 e. The van der Waals surface area contributed by atoms with Crippen molar-refractivity contribution in [1.82, 2.24) is 9.80 Å². The SMILES string of the molecule is CC1CCCN(CC(=O)N2CCc3sccc3C2)C1CN. The molecule has 21 heavy (non-hydrogen) atoms. The molecule has 2 aliphatic heterocycles. The zero-order chi connectivity index (χ0) is 14.8. The fourth-order valence-electron chi connectivity index (χ4n) is 3.65. The van der Waals surface area contributed by atoms with Crippen LogP contribution in [0.5, 0.6) is 0 Å². The minimum absolute atomic E-state index is 0.263. The summed E-state index contributed by atoms with van der Waals surface area (Å²) in [4.78, 5) is 18.4. The number of carbonyl (C=O) groups is 1. The third-order valence-electron chi connectivity index (χ3n) is 4.97. The van der Waals surface area contributed by atoms with E-state index in [9.17, 15) is 4.79 Å². The molecule has 0 aliphatic carbocycles. The molecule has 0 aromatic carbocycles. The molecule has 0 bridgehead atoms. The van der Waals surface area contributed by atoms with Gasteiger partial charge < -0.3 is 10.6 Å². The molecule has 1 amide bonds. The molecule has 116 valence electrons. The number of fused-ring (bicyclic) bond motifs is 1. The van der Waals surface area contributed by atoms with Crippen LogP contribution in [0.25, 0.3) is 0 Å². The Morgan fingerprint density at radius 3 is 3.14 bits per heavy atom. The van der Waals surface area contributed by atoms with E-state index in [1.807, 2.05) is 16.2 Å². The standard InChI is InChI=1S/C16H25N3OS/c1-12-3-2-6-18(14(12)9-17)11-16(20)19-7-4-15-13(10-19)5-8-21-15/h5,8,12,14H,2-4,6-7,9-11,17H2,1H3. The van der Waals surface area contributed by atoms with Gasteiger partial charge in [0.1, 0.15) is 0 Å². The molecule has 5 heteroatoms. The van der Waals surface area contributed by atoms with Crippen LogP contribution in [0.2, 0.25) is 0 Å². The predicted molar refractivity (Wildman–Crippen MR) is 86.3 cm³/mol. The molecule has 0 spiro atoms. The van der Waals surface area contributed by atoms with Gasteiger partial charge in [-0.25, -0.2) is 0 Å². The molecule has 1 aromatic heterocycles. The molecule has 1 fully saturated rings. The summed E-state index contributed by atoms with van der Waals surface area (Å²) in [5, 5.41) is 2.13. The average molecular weight is 307 g/mol. The average Bonchev–Trinajstić information content (AvgIpc) is 2.94. The van der Waals surface area contributed by atoms with E-state index < -0.39 is 0 Å². The Morgan fingerprint density at radius 2 is 2.33 bits per heavy atom. The van der Waals surface area contributed by atoms with E-state index in [0.717, 1.165) is 26.1 Å². The Balaban J connectivity index is 1.61. The Morgan fingerprint density at radius 1 is 1.48 bits per heavy atom. The molecule has 3 heterocycles. The number of hydrogen-bond donors (Lipinski definition) is 1. The van der Waals surface area contributed by atoms with Crippen LogP contribution in [-0.4, -0.2) is 47.9 Å². The van der Waals surface area contributed by atoms with E-state index in [4.69, 9.17) is 5.73 Å². The van der Waals surface area contributed by atoms with Gasteiger partial charge in [0, 0.05) is 30.6 Å². The second-order valence-electron chi connectivity index (χ2n) is 6.33. The van der Waals surface area contributed by atoms with E-state index in [-0.39, 0.29) is 5.91 Å². The van der Waals surface area contributed by atoms with E-state index in [1.54, 1.807) is 0 Å². The number of hydrogen-bond acceptors (Lipinski definition) is 4. The highest BCUT2D eigenvalue weighted by atomic mass is 32.1. The largest absolute Gasteiger partial charge is 0.337 e. The molecule has 1 saturated heterocycles. The van der Waals surface area contributed by atoms with Crippen molar-refractivity contribution < 1.29 is 4.79 Å². The van der Waals surface area contributed by atoms with Gasteiger partial charge in [0.25, 0.3) is 0 Å². The smallest absolute Gasteiger partial charge is 0.237 e. The van der Waals surface area contributed by atoms with E-state index >= 15 is 0 Å². The third kappa shape index (κ3) is 3.15. The van der Waals surface area contributed by atoms with E-state index in [2.05, 4.69) is 23.3 Å². The molecule has 2 atom stereocenters. The molecule has 3 rings (SSSR count). The fourth-order valence-corrected chi connectivity index (χ4v) is 4.54. The molecule has 4 nitrogen and oxygen atoms in total. The van der Waals surface area contributed by atoms with E-state index in [0.29, 0.717) is 25.0 Å². The summed E-state index contributed by atoms with van der Waals surface area (Å²) in [6.07, 6.45) is 3.42. The number of nitrogens with zero attached hydrogens (tertiary/aromatic N) is 2. The second kappa shape index (κ2) is 6.46. The van der Waals surface area contributed by atoms with Crippen LogP contribution in [0.1, 0.15) is 30.2 Å². The van der Waals surface area contributed by atoms with Crippen molar-refractivity contribution in [2.24, 2.45) is 11.7 Å². The van der Waals surface area contributed by atoms with Gasteiger partial charge >= 0.3 is 0 Å². The maximum atomic E-state index is 12.6. The highest BCUT2D eigenvalue weighted by molar-refractivity contribution is 7.10. The van der Waals surface area contributed by atoms with Gasteiger partial charge in [-0.2, -0.15) is 0 Å². The van der Waals surface area contributed by atoms with Crippen LogP contribution in [0, 0.1) is 5.92 Å². The second-order valence-corrected chi connectivity index (χ2v) is 7.33. The number of amides is 1. The third-order valence-corrected chi connectivity index (χ3v) is 5.99. The molecular formula is C16H25N3OS. The van der Waals surface area contributed by atoms with Crippen LogP contribution in [0.15, 0.2) is 11.4 Å². The zero-order valence-electron chi connectivity index (χ0n) is 12.8. The highest BCUT2D eigenvalue weighted by Gasteiger charge is 2.30. The van der Waals surface area contributed by atoms with Crippen molar-refractivity contribution in [3.8, 4) is 0 Å². The summed E-state index contributed by atoms with van der Waals surface area (Å²) in [5.74, 6) is 0.862. The Hall–Kier alpha value is -0.910. The van der Waals surface area contributed by atoms with Crippen molar-refractivity contribution in [1.29, 1.82) is 0 Å².